The van der Waals surface area contributed by atoms with Crippen molar-refractivity contribution in [1.29, 1.82) is 0 Å². The summed E-state index contributed by atoms with van der Waals surface area (Å²) < 4.78 is 7.86. The summed E-state index contributed by atoms with van der Waals surface area (Å²) in [6, 6.07) is 4.00. The topological polar surface area (TPSA) is 59.0 Å². The molecule has 1 aliphatic rings. The molecule has 0 radical (unpaired) electrons. The zero-order chi connectivity index (χ0) is 13.9. The highest BCUT2D eigenvalue weighted by atomic mass is 16.5. The van der Waals surface area contributed by atoms with Gasteiger partial charge in [-0.15, -0.1) is 10.2 Å². The Bertz CT molecular complexity index is 548. The van der Waals surface area contributed by atoms with Crippen LogP contribution in [0, 0.1) is 0 Å². The molecule has 0 bridgehead atoms. The van der Waals surface area contributed by atoms with Crippen LogP contribution in [0.4, 0.5) is 5.95 Å². The molecule has 2 aromatic heterocycles. The number of hydrogen-bond donors (Lipinski definition) is 1. The number of anilines is 1. The van der Waals surface area contributed by atoms with E-state index in [1.54, 1.807) is 0 Å². The third-order valence-corrected chi connectivity index (χ3v) is 3.62. The van der Waals surface area contributed by atoms with Gasteiger partial charge in [0.2, 0.25) is 5.95 Å². The van der Waals surface area contributed by atoms with Crippen LogP contribution in [0.25, 0.3) is 11.5 Å². The molecule has 6 heteroatoms. The van der Waals surface area contributed by atoms with Gasteiger partial charge in [-0.1, -0.05) is 0 Å². The molecule has 1 N–H and O–H groups in total. The van der Waals surface area contributed by atoms with E-state index in [2.05, 4.69) is 38.5 Å². The van der Waals surface area contributed by atoms with Crippen molar-refractivity contribution >= 4 is 5.95 Å². The van der Waals surface area contributed by atoms with Crippen molar-refractivity contribution in [3.05, 3.63) is 18.3 Å². The van der Waals surface area contributed by atoms with Crippen LogP contribution in [0.5, 0.6) is 0 Å². The standard InChI is InChI=1S/C14H21N5O/c1-3-19-13(12-6-4-7-15-12)16-17-14(19)18-8-5-9-20-11(2)10-18/h4,6-7,11,15H,3,5,8-10H2,1-2H3/t11-/m0/s1. The first-order valence-electron chi connectivity index (χ1n) is 7.23. The molecule has 0 aromatic carbocycles. The Labute approximate surface area is 118 Å². The van der Waals surface area contributed by atoms with E-state index in [4.69, 9.17) is 4.74 Å². The fourth-order valence-electron chi connectivity index (χ4n) is 2.66. The molecule has 3 heterocycles. The second-order valence-electron chi connectivity index (χ2n) is 5.13. The maximum absolute atomic E-state index is 5.70. The highest BCUT2D eigenvalue weighted by Gasteiger charge is 2.22. The quantitative estimate of drug-likeness (QED) is 0.929. The molecule has 1 saturated heterocycles. The molecule has 0 saturated carbocycles. The zero-order valence-corrected chi connectivity index (χ0v) is 12.0. The van der Waals surface area contributed by atoms with Crippen LogP contribution in [-0.4, -0.2) is 45.5 Å². The lowest BCUT2D eigenvalue weighted by Gasteiger charge is -2.23. The minimum atomic E-state index is 0.230. The number of hydrogen-bond acceptors (Lipinski definition) is 4. The second kappa shape index (κ2) is 5.66. The molecular formula is C14H21N5O. The molecule has 108 valence electrons. The summed E-state index contributed by atoms with van der Waals surface area (Å²) in [5, 5.41) is 8.77. The Hall–Kier alpha value is -1.82. The predicted octanol–water partition coefficient (Wildman–Crippen LogP) is 1.91. The Balaban J connectivity index is 1.93. The summed E-state index contributed by atoms with van der Waals surface area (Å²) in [6.45, 7) is 7.73. The first-order chi connectivity index (χ1) is 9.79. The number of aromatic amines is 1. The van der Waals surface area contributed by atoms with Gasteiger partial charge in [-0.25, -0.2) is 0 Å². The lowest BCUT2D eigenvalue weighted by atomic mass is 10.3. The smallest absolute Gasteiger partial charge is 0.227 e. The van der Waals surface area contributed by atoms with Gasteiger partial charge in [-0.3, -0.25) is 4.57 Å². The molecular weight excluding hydrogens is 254 g/mol. The summed E-state index contributed by atoms with van der Waals surface area (Å²) in [5.74, 6) is 1.83. The van der Waals surface area contributed by atoms with Crippen LogP contribution in [0.1, 0.15) is 20.3 Å². The van der Waals surface area contributed by atoms with Gasteiger partial charge in [-0.05, 0) is 32.4 Å². The van der Waals surface area contributed by atoms with Crippen molar-refractivity contribution in [1.82, 2.24) is 19.7 Å². The van der Waals surface area contributed by atoms with Gasteiger partial charge in [0.15, 0.2) is 5.82 Å². The van der Waals surface area contributed by atoms with Crippen molar-refractivity contribution in [3.8, 4) is 11.5 Å². The normalized spacial score (nSPS) is 20.1. The maximum Gasteiger partial charge on any atom is 0.227 e. The molecule has 3 rings (SSSR count). The average molecular weight is 275 g/mol. The number of aromatic nitrogens is 4. The lowest BCUT2D eigenvalue weighted by Crippen LogP contribution is -2.32. The van der Waals surface area contributed by atoms with Gasteiger partial charge in [0, 0.05) is 32.4 Å². The molecule has 20 heavy (non-hydrogen) atoms. The molecule has 0 aliphatic carbocycles. The third kappa shape index (κ3) is 2.43. The number of rotatable bonds is 3. The van der Waals surface area contributed by atoms with Gasteiger partial charge >= 0.3 is 0 Å². The molecule has 2 aromatic rings. The van der Waals surface area contributed by atoms with Crippen LogP contribution in [0.15, 0.2) is 18.3 Å². The van der Waals surface area contributed by atoms with Crippen LogP contribution < -0.4 is 4.90 Å². The van der Waals surface area contributed by atoms with Crippen molar-refractivity contribution in [2.75, 3.05) is 24.6 Å². The summed E-state index contributed by atoms with van der Waals surface area (Å²) >= 11 is 0. The van der Waals surface area contributed by atoms with Crippen molar-refractivity contribution < 1.29 is 4.74 Å². The lowest BCUT2D eigenvalue weighted by molar-refractivity contribution is 0.0819. The van der Waals surface area contributed by atoms with Crippen LogP contribution in [-0.2, 0) is 11.3 Å². The Kier molecular flexibility index (Phi) is 3.73. The number of H-pyrrole nitrogens is 1. The average Bonchev–Trinajstić information content (AvgIpc) is 3.05. The van der Waals surface area contributed by atoms with Crippen molar-refractivity contribution in [2.45, 2.75) is 32.9 Å². The summed E-state index contributed by atoms with van der Waals surface area (Å²) in [6.07, 6.45) is 3.16. The SMILES string of the molecule is CCn1c(-c2ccc[nH]2)nnc1N1CCCO[C@@H](C)C1. The minimum absolute atomic E-state index is 0.230. The Morgan fingerprint density at radius 3 is 3.10 bits per heavy atom. The van der Waals surface area contributed by atoms with Crippen LogP contribution >= 0.6 is 0 Å². The molecule has 0 unspecified atom stereocenters. The fourth-order valence-corrected chi connectivity index (χ4v) is 2.66. The van der Waals surface area contributed by atoms with Gasteiger partial charge < -0.3 is 14.6 Å². The first kappa shape index (κ1) is 13.2. The van der Waals surface area contributed by atoms with Crippen LogP contribution in [0.3, 0.4) is 0 Å². The molecule has 6 nitrogen and oxygen atoms in total. The highest BCUT2D eigenvalue weighted by Crippen LogP contribution is 2.22. The Morgan fingerprint density at radius 2 is 2.35 bits per heavy atom. The first-order valence-corrected chi connectivity index (χ1v) is 7.23. The number of nitrogens with zero attached hydrogens (tertiary/aromatic N) is 4. The van der Waals surface area contributed by atoms with Gasteiger partial charge in [0.25, 0.3) is 0 Å². The van der Waals surface area contributed by atoms with E-state index in [1.807, 2.05) is 18.3 Å². The van der Waals surface area contributed by atoms with Crippen molar-refractivity contribution in [2.24, 2.45) is 0 Å². The van der Waals surface area contributed by atoms with Crippen LogP contribution in [0.2, 0.25) is 0 Å². The summed E-state index contributed by atoms with van der Waals surface area (Å²) in [4.78, 5) is 5.48. The molecule has 1 atom stereocenters. The van der Waals surface area contributed by atoms with E-state index >= 15 is 0 Å². The van der Waals surface area contributed by atoms with E-state index in [1.165, 1.54) is 0 Å². The van der Waals surface area contributed by atoms with E-state index < -0.39 is 0 Å². The molecule has 0 spiro atoms. The number of ether oxygens (including phenoxy) is 1. The zero-order valence-electron chi connectivity index (χ0n) is 12.0. The predicted molar refractivity (Wildman–Crippen MR) is 77.7 cm³/mol. The van der Waals surface area contributed by atoms with E-state index in [0.29, 0.717) is 0 Å². The third-order valence-electron chi connectivity index (χ3n) is 3.62. The number of nitrogens with one attached hydrogen (secondary N) is 1. The molecule has 1 aliphatic heterocycles. The summed E-state index contributed by atoms with van der Waals surface area (Å²) in [5.41, 5.74) is 1.00. The molecule has 1 fully saturated rings. The largest absolute Gasteiger partial charge is 0.377 e. The van der Waals surface area contributed by atoms with E-state index in [9.17, 15) is 0 Å². The van der Waals surface area contributed by atoms with E-state index in [-0.39, 0.29) is 6.10 Å². The van der Waals surface area contributed by atoms with Crippen molar-refractivity contribution in [3.63, 3.8) is 0 Å². The monoisotopic (exact) mass is 275 g/mol. The van der Waals surface area contributed by atoms with Gasteiger partial charge in [0.1, 0.15) is 0 Å². The van der Waals surface area contributed by atoms with Gasteiger partial charge in [-0.2, -0.15) is 0 Å². The van der Waals surface area contributed by atoms with E-state index in [0.717, 1.165) is 50.1 Å². The summed E-state index contributed by atoms with van der Waals surface area (Å²) in [7, 11) is 0. The second-order valence-corrected chi connectivity index (χ2v) is 5.13. The maximum atomic E-state index is 5.70. The fraction of sp³-hybridized carbons (Fsp3) is 0.571. The molecule has 0 amide bonds. The Morgan fingerprint density at radius 1 is 1.45 bits per heavy atom. The van der Waals surface area contributed by atoms with Gasteiger partial charge in [0.05, 0.1) is 11.8 Å². The highest BCUT2D eigenvalue weighted by molar-refractivity contribution is 5.53. The minimum Gasteiger partial charge on any atom is -0.377 e.